The van der Waals surface area contributed by atoms with E-state index in [4.69, 9.17) is 9.97 Å². The van der Waals surface area contributed by atoms with Gasteiger partial charge in [0.25, 0.3) is 0 Å². The molecule has 11 rings (SSSR count). The van der Waals surface area contributed by atoms with Crippen molar-refractivity contribution in [1.82, 2.24) is 15.0 Å². The van der Waals surface area contributed by atoms with Crippen LogP contribution in [0.4, 0.5) is 0 Å². The van der Waals surface area contributed by atoms with Crippen LogP contribution in [-0.4, -0.2) is 15.0 Å². The molecular formula is C53H33N3. The standard InChI is InChI=1S/C53H33N3/c1-2-7-42-30-44(24-15-34(42)6-1)35-13-18-37(19-14-35)49-32-50(45-11-4-10-43(31-45)46-12-5-29-54-33-46)56-53(55-49)41-22-16-36(17-23-41)47-27-25-40-21-20-38-8-3-9-39-26-28-48(47)52(40)51(38)39/h1-33H. The SMILES string of the molecule is c1cncc(-c2cccc(-c3cc(-c4ccc(-c5ccc6ccccc6c5)cc4)nc(-c4ccc(-c5ccc6ccc7cccc8ccc5c6c78)cc4)n3)c2)c1. The zero-order valence-electron chi connectivity index (χ0n) is 30.4. The number of rotatable bonds is 6. The molecule has 0 radical (unpaired) electrons. The number of aromatic nitrogens is 3. The minimum Gasteiger partial charge on any atom is -0.264 e. The maximum atomic E-state index is 5.21. The third-order valence-electron chi connectivity index (χ3n) is 11.1. The molecule has 2 heterocycles. The number of fused-ring (bicyclic) bond motifs is 1. The Morgan fingerprint density at radius 3 is 1.68 bits per heavy atom. The van der Waals surface area contributed by atoms with Gasteiger partial charge in [-0.25, -0.2) is 9.97 Å². The summed E-state index contributed by atoms with van der Waals surface area (Å²) in [7, 11) is 0. The Kier molecular flexibility index (Phi) is 7.49. The van der Waals surface area contributed by atoms with E-state index in [-0.39, 0.29) is 0 Å². The first-order valence-corrected chi connectivity index (χ1v) is 19.0. The summed E-state index contributed by atoms with van der Waals surface area (Å²) in [6.07, 6.45) is 3.70. The van der Waals surface area contributed by atoms with Crippen LogP contribution in [0.2, 0.25) is 0 Å². The Hall–Kier alpha value is -7.49. The van der Waals surface area contributed by atoms with Crippen molar-refractivity contribution in [3.8, 4) is 67.3 Å². The van der Waals surface area contributed by atoms with Gasteiger partial charge in [0, 0.05) is 34.6 Å². The van der Waals surface area contributed by atoms with Crippen molar-refractivity contribution < 1.29 is 0 Å². The van der Waals surface area contributed by atoms with Gasteiger partial charge in [0.05, 0.1) is 11.4 Å². The van der Waals surface area contributed by atoms with E-state index in [9.17, 15) is 0 Å². The summed E-state index contributed by atoms with van der Waals surface area (Å²) in [4.78, 5) is 14.8. The summed E-state index contributed by atoms with van der Waals surface area (Å²) >= 11 is 0. The van der Waals surface area contributed by atoms with Crippen LogP contribution >= 0.6 is 0 Å². The summed E-state index contributed by atoms with van der Waals surface area (Å²) < 4.78 is 0. The van der Waals surface area contributed by atoms with Crippen LogP contribution in [-0.2, 0) is 0 Å². The van der Waals surface area contributed by atoms with Crippen LogP contribution in [0.25, 0.3) is 110 Å². The van der Waals surface area contributed by atoms with Gasteiger partial charge in [-0.05, 0) is 95.2 Å². The topological polar surface area (TPSA) is 38.7 Å². The third-order valence-corrected chi connectivity index (χ3v) is 11.1. The molecule has 3 heteroatoms. The highest BCUT2D eigenvalue weighted by Crippen LogP contribution is 2.40. The molecule has 0 unspecified atom stereocenters. The monoisotopic (exact) mass is 711 g/mol. The molecule has 0 bridgehead atoms. The van der Waals surface area contributed by atoms with Crippen LogP contribution in [0, 0.1) is 0 Å². The Morgan fingerprint density at radius 1 is 0.304 bits per heavy atom. The second-order valence-electron chi connectivity index (χ2n) is 14.5. The first-order chi connectivity index (χ1) is 27.7. The normalized spacial score (nSPS) is 11.6. The van der Waals surface area contributed by atoms with Gasteiger partial charge in [-0.15, -0.1) is 0 Å². The second kappa shape index (κ2) is 13.1. The van der Waals surface area contributed by atoms with E-state index in [2.05, 4.69) is 187 Å². The van der Waals surface area contributed by atoms with Gasteiger partial charge >= 0.3 is 0 Å². The summed E-state index contributed by atoms with van der Waals surface area (Å²) in [5.41, 5.74) is 11.7. The van der Waals surface area contributed by atoms with Crippen LogP contribution in [0.3, 0.4) is 0 Å². The minimum absolute atomic E-state index is 0.685. The Morgan fingerprint density at radius 2 is 0.875 bits per heavy atom. The van der Waals surface area contributed by atoms with E-state index in [1.807, 2.05) is 12.3 Å². The molecule has 56 heavy (non-hydrogen) atoms. The second-order valence-corrected chi connectivity index (χ2v) is 14.5. The summed E-state index contributed by atoms with van der Waals surface area (Å²) in [6.45, 7) is 0. The average Bonchev–Trinajstić information content (AvgIpc) is 3.28. The molecule has 0 aliphatic heterocycles. The molecule has 0 aliphatic carbocycles. The molecule has 2 aromatic heterocycles. The zero-order chi connectivity index (χ0) is 37.0. The largest absolute Gasteiger partial charge is 0.264 e. The predicted octanol–water partition coefficient (Wildman–Crippen LogP) is 13.9. The van der Waals surface area contributed by atoms with E-state index < -0.39 is 0 Å². The molecular weight excluding hydrogens is 679 g/mol. The van der Waals surface area contributed by atoms with Gasteiger partial charge in [-0.1, -0.05) is 164 Å². The molecule has 3 nitrogen and oxygen atoms in total. The van der Waals surface area contributed by atoms with E-state index in [1.54, 1.807) is 6.20 Å². The van der Waals surface area contributed by atoms with Gasteiger partial charge in [0.15, 0.2) is 5.82 Å². The van der Waals surface area contributed by atoms with Gasteiger partial charge < -0.3 is 0 Å². The van der Waals surface area contributed by atoms with Crippen molar-refractivity contribution in [2.75, 3.05) is 0 Å². The first-order valence-electron chi connectivity index (χ1n) is 19.0. The van der Waals surface area contributed by atoms with Crippen LogP contribution < -0.4 is 0 Å². The molecule has 0 saturated heterocycles. The average molecular weight is 712 g/mol. The number of nitrogens with zero attached hydrogens (tertiary/aromatic N) is 3. The Bertz CT molecular complexity index is 3210. The molecule has 0 saturated carbocycles. The van der Waals surface area contributed by atoms with Crippen LogP contribution in [0.1, 0.15) is 0 Å². The van der Waals surface area contributed by atoms with E-state index >= 15 is 0 Å². The molecule has 0 N–H and O–H groups in total. The predicted molar refractivity (Wildman–Crippen MR) is 234 cm³/mol. The summed E-state index contributed by atoms with van der Waals surface area (Å²) in [5, 5.41) is 10.2. The highest BCUT2D eigenvalue weighted by Gasteiger charge is 2.15. The smallest absolute Gasteiger partial charge is 0.160 e. The minimum atomic E-state index is 0.685. The fraction of sp³-hybridized carbons (Fsp3) is 0. The van der Waals surface area contributed by atoms with E-state index in [0.717, 1.165) is 44.8 Å². The van der Waals surface area contributed by atoms with Gasteiger partial charge in [0.2, 0.25) is 0 Å². The summed E-state index contributed by atoms with van der Waals surface area (Å²) in [5.74, 6) is 0.685. The van der Waals surface area contributed by atoms with Gasteiger partial charge in [0.1, 0.15) is 0 Å². The molecule has 0 atom stereocenters. The quantitative estimate of drug-likeness (QED) is 0.161. The molecule has 260 valence electrons. The van der Waals surface area contributed by atoms with Gasteiger partial charge in [-0.2, -0.15) is 0 Å². The maximum Gasteiger partial charge on any atom is 0.160 e. The first kappa shape index (κ1) is 32.0. The van der Waals surface area contributed by atoms with Crippen molar-refractivity contribution in [3.63, 3.8) is 0 Å². The fourth-order valence-corrected chi connectivity index (χ4v) is 8.25. The Balaban J connectivity index is 1.00. The molecule has 0 spiro atoms. The summed E-state index contributed by atoms with van der Waals surface area (Å²) in [6, 6.07) is 67.3. The number of hydrogen-bond acceptors (Lipinski definition) is 3. The van der Waals surface area contributed by atoms with Crippen molar-refractivity contribution in [3.05, 3.63) is 200 Å². The highest BCUT2D eigenvalue weighted by atomic mass is 14.9. The fourth-order valence-electron chi connectivity index (χ4n) is 8.25. The lowest BCUT2D eigenvalue weighted by atomic mass is 9.90. The molecule has 0 fully saturated rings. The van der Waals surface area contributed by atoms with Gasteiger partial charge in [-0.3, -0.25) is 4.98 Å². The maximum absolute atomic E-state index is 5.21. The number of hydrogen-bond donors (Lipinski definition) is 0. The van der Waals surface area contributed by atoms with Crippen molar-refractivity contribution in [2.24, 2.45) is 0 Å². The van der Waals surface area contributed by atoms with Crippen molar-refractivity contribution >= 4 is 43.1 Å². The lowest BCUT2D eigenvalue weighted by Crippen LogP contribution is -1.96. The van der Waals surface area contributed by atoms with Crippen LogP contribution in [0.5, 0.6) is 0 Å². The molecule has 0 amide bonds. The molecule has 11 aromatic rings. The third kappa shape index (κ3) is 5.57. The lowest BCUT2D eigenvalue weighted by molar-refractivity contribution is 1.18. The molecule has 9 aromatic carbocycles. The number of benzene rings is 9. The number of pyridine rings is 1. The van der Waals surface area contributed by atoms with E-state index in [1.165, 1.54) is 59.8 Å². The lowest BCUT2D eigenvalue weighted by Gasteiger charge is -2.14. The van der Waals surface area contributed by atoms with Crippen molar-refractivity contribution in [1.29, 1.82) is 0 Å². The highest BCUT2D eigenvalue weighted by molar-refractivity contribution is 6.25. The Labute approximate surface area is 324 Å². The molecule has 0 aliphatic rings. The van der Waals surface area contributed by atoms with E-state index in [0.29, 0.717) is 5.82 Å². The van der Waals surface area contributed by atoms with Crippen LogP contribution in [0.15, 0.2) is 200 Å². The zero-order valence-corrected chi connectivity index (χ0v) is 30.4. The van der Waals surface area contributed by atoms with Crippen molar-refractivity contribution in [2.45, 2.75) is 0 Å².